The quantitative estimate of drug-likeness (QED) is 0.591. The second-order valence-corrected chi connectivity index (χ2v) is 7.57. The number of methoxy groups -OCH3 is 1. The monoisotopic (exact) mass is 419 g/mol. The third kappa shape index (κ3) is 2.84. The number of nitriles is 2. The highest BCUT2D eigenvalue weighted by molar-refractivity contribution is 7.23. The van der Waals surface area contributed by atoms with Gasteiger partial charge in [0.1, 0.15) is 34.0 Å². The van der Waals surface area contributed by atoms with E-state index in [0.29, 0.717) is 38.6 Å². The van der Waals surface area contributed by atoms with Crippen molar-refractivity contribution in [3.05, 3.63) is 62.8 Å². The molecule has 9 heteroatoms. The summed E-state index contributed by atoms with van der Waals surface area (Å²) in [6.07, 6.45) is 0. The summed E-state index contributed by atoms with van der Waals surface area (Å²) in [5.74, 6) is 0.164. The largest absolute Gasteiger partial charge is 0.497 e. The Hall–Kier alpha value is -3.95. The van der Waals surface area contributed by atoms with E-state index in [2.05, 4.69) is 22.4 Å². The molecular weight excluding hydrogens is 402 g/mol. The zero-order valence-electron chi connectivity index (χ0n) is 16.2. The minimum Gasteiger partial charge on any atom is -0.497 e. The van der Waals surface area contributed by atoms with Crippen LogP contribution >= 0.6 is 11.3 Å². The highest BCUT2D eigenvalue weighted by Gasteiger charge is 2.35. The van der Waals surface area contributed by atoms with Crippen molar-refractivity contribution in [2.45, 2.75) is 12.8 Å². The van der Waals surface area contributed by atoms with Gasteiger partial charge in [-0.1, -0.05) is 12.1 Å². The first-order chi connectivity index (χ1) is 14.5. The number of nitrogens with one attached hydrogen (secondary N) is 2. The predicted octanol–water partition coefficient (Wildman–Crippen LogP) is 3.12. The predicted molar refractivity (Wildman–Crippen MR) is 114 cm³/mol. The van der Waals surface area contributed by atoms with Gasteiger partial charge in [0.05, 0.1) is 28.8 Å². The van der Waals surface area contributed by atoms with Crippen LogP contribution in [0.15, 0.2) is 40.5 Å². The standard InChI is InChI=1S/C21H17N5O3S/c1-3-25-21-13(9-23)16-18(30-21)17-15(20(27)26-16)14(12(8-22)19(24)29-17)10-4-6-11(28-2)7-5-10/h4-7,14,25H,3,24H2,1-2H3,(H,26,27)/t14-/m1/s1. The molecule has 0 fully saturated rings. The van der Waals surface area contributed by atoms with Crippen molar-refractivity contribution >= 4 is 26.6 Å². The Kier molecular flexibility index (Phi) is 4.82. The number of pyridine rings is 1. The number of thiophene rings is 1. The van der Waals surface area contributed by atoms with Gasteiger partial charge in [-0.05, 0) is 24.6 Å². The van der Waals surface area contributed by atoms with Gasteiger partial charge in [-0.15, -0.1) is 11.3 Å². The Balaban J connectivity index is 2.03. The van der Waals surface area contributed by atoms with Gasteiger partial charge in [0.15, 0.2) is 5.75 Å². The summed E-state index contributed by atoms with van der Waals surface area (Å²) in [6, 6.07) is 11.3. The molecule has 3 heterocycles. The molecule has 30 heavy (non-hydrogen) atoms. The van der Waals surface area contributed by atoms with E-state index in [9.17, 15) is 15.3 Å². The zero-order chi connectivity index (χ0) is 21.4. The SMILES string of the molecule is CCNc1sc2c3c(c(=O)[nH]c2c1C#N)[C@H](c1ccc(OC)cc1)C(C#N)=C(N)O3. The summed E-state index contributed by atoms with van der Waals surface area (Å²) in [5.41, 5.74) is 7.53. The average molecular weight is 419 g/mol. The molecule has 4 N–H and O–H groups in total. The molecule has 0 amide bonds. The molecule has 150 valence electrons. The fraction of sp³-hybridized carbons (Fsp3) is 0.190. The Bertz CT molecular complexity index is 1320. The number of nitrogens with zero attached hydrogens (tertiary/aromatic N) is 2. The lowest BCUT2D eigenvalue weighted by atomic mass is 9.84. The van der Waals surface area contributed by atoms with E-state index >= 15 is 0 Å². The number of benzene rings is 1. The Morgan fingerprint density at radius 2 is 2.03 bits per heavy atom. The number of rotatable bonds is 4. The molecule has 1 aliphatic rings. The summed E-state index contributed by atoms with van der Waals surface area (Å²) in [4.78, 5) is 15.9. The van der Waals surface area contributed by atoms with Gasteiger partial charge in [-0.3, -0.25) is 4.79 Å². The minimum absolute atomic E-state index is 0.0605. The first kappa shape index (κ1) is 19.4. The molecule has 8 nitrogen and oxygen atoms in total. The van der Waals surface area contributed by atoms with E-state index in [4.69, 9.17) is 15.2 Å². The molecule has 1 aromatic carbocycles. The van der Waals surface area contributed by atoms with E-state index in [-0.39, 0.29) is 22.8 Å². The van der Waals surface area contributed by atoms with Crippen LogP contribution in [0, 0.1) is 22.7 Å². The number of allylic oxidation sites excluding steroid dienone is 1. The first-order valence-electron chi connectivity index (χ1n) is 9.12. The van der Waals surface area contributed by atoms with Crippen molar-refractivity contribution in [1.82, 2.24) is 4.98 Å². The lowest BCUT2D eigenvalue weighted by Gasteiger charge is -2.26. The van der Waals surface area contributed by atoms with Crippen LogP contribution in [-0.4, -0.2) is 18.6 Å². The fourth-order valence-corrected chi connectivity index (χ4v) is 4.74. The number of hydrogen-bond donors (Lipinski definition) is 3. The van der Waals surface area contributed by atoms with Crippen LogP contribution in [-0.2, 0) is 0 Å². The van der Waals surface area contributed by atoms with Gasteiger partial charge in [0, 0.05) is 6.54 Å². The average Bonchev–Trinajstić information content (AvgIpc) is 3.10. The number of hydrogen-bond acceptors (Lipinski definition) is 8. The first-order valence-corrected chi connectivity index (χ1v) is 9.93. The Morgan fingerprint density at radius 3 is 2.63 bits per heavy atom. The van der Waals surface area contributed by atoms with Gasteiger partial charge in [-0.2, -0.15) is 10.5 Å². The second-order valence-electron chi connectivity index (χ2n) is 6.55. The molecule has 2 aromatic heterocycles. The molecule has 1 atom stereocenters. The topological polar surface area (TPSA) is 137 Å². The zero-order valence-corrected chi connectivity index (χ0v) is 17.0. The van der Waals surface area contributed by atoms with Crippen LogP contribution in [0.25, 0.3) is 10.2 Å². The number of anilines is 1. The molecule has 0 spiro atoms. The van der Waals surface area contributed by atoms with Crippen LogP contribution in [0.4, 0.5) is 5.00 Å². The molecule has 0 radical (unpaired) electrons. The summed E-state index contributed by atoms with van der Waals surface area (Å²) >= 11 is 1.30. The normalized spacial score (nSPS) is 15.1. The Morgan fingerprint density at radius 1 is 1.30 bits per heavy atom. The number of ether oxygens (including phenoxy) is 2. The van der Waals surface area contributed by atoms with Crippen molar-refractivity contribution < 1.29 is 9.47 Å². The van der Waals surface area contributed by atoms with Crippen LogP contribution in [0.3, 0.4) is 0 Å². The fourth-order valence-electron chi connectivity index (χ4n) is 3.57. The number of nitrogens with two attached hydrogens (primary N) is 1. The molecule has 0 aliphatic carbocycles. The van der Waals surface area contributed by atoms with Crippen LogP contribution < -0.4 is 26.1 Å². The van der Waals surface area contributed by atoms with Crippen molar-refractivity contribution in [3.63, 3.8) is 0 Å². The number of aromatic nitrogens is 1. The molecule has 0 saturated heterocycles. The summed E-state index contributed by atoms with van der Waals surface area (Å²) in [5, 5.41) is 23.1. The molecule has 1 aliphatic heterocycles. The maximum atomic E-state index is 13.1. The molecule has 0 saturated carbocycles. The van der Waals surface area contributed by atoms with Crippen LogP contribution in [0.1, 0.15) is 29.5 Å². The van der Waals surface area contributed by atoms with Crippen molar-refractivity contribution in [1.29, 1.82) is 10.5 Å². The molecule has 3 aromatic rings. The van der Waals surface area contributed by atoms with Crippen molar-refractivity contribution in [2.24, 2.45) is 5.73 Å². The summed E-state index contributed by atoms with van der Waals surface area (Å²) in [7, 11) is 1.56. The number of H-pyrrole nitrogens is 1. The van der Waals surface area contributed by atoms with E-state index in [1.54, 1.807) is 31.4 Å². The molecule has 0 unspecified atom stereocenters. The van der Waals surface area contributed by atoms with Gasteiger partial charge in [-0.25, -0.2) is 0 Å². The lowest BCUT2D eigenvalue weighted by molar-refractivity contribution is 0.397. The van der Waals surface area contributed by atoms with Crippen LogP contribution in [0.2, 0.25) is 0 Å². The highest BCUT2D eigenvalue weighted by atomic mass is 32.1. The van der Waals surface area contributed by atoms with E-state index < -0.39 is 11.5 Å². The van der Waals surface area contributed by atoms with Gasteiger partial charge in [0.2, 0.25) is 5.88 Å². The van der Waals surface area contributed by atoms with Gasteiger partial charge < -0.3 is 25.5 Å². The van der Waals surface area contributed by atoms with E-state index in [0.717, 1.165) is 0 Å². The molecule has 0 bridgehead atoms. The van der Waals surface area contributed by atoms with Gasteiger partial charge >= 0.3 is 0 Å². The molecule has 4 rings (SSSR count). The number of fused-ring (bicyclic) bond motifs is 3. The maximum Gasteiger partial charge on any atom is 0.256 e. The smallest absolute Gasteiger partial charge is 0.256 e. The van der Waals surface area contributed by atoms with Gasteiger partial charge in [0.25, 0.3) is 5.56 Å². The number of aromatic amines is 1. The second kappa shape index (κ2) is 7.47. The van der Waals surface area contributed by atoms with E-state index in [1.165, 1.54) is 11.3 Å². The maximum absolute atomic E-state index is 13.1. The van der Waals surface area contributed by atoms with Crippen molar-refractivity contribution in [3.8, 4) is 23.6 Å². The lowest BCUT2D eigenvalue weighted by Crippen LogP contribution is -2.27. The minimum atomic E-state index is -0.701. The van der Waals surface area contributed by atoms with E-state index in [1.807, 2.05) is 6.92 Å². The summed E-state index contributed by atoms with van der Waals surface area (Å²) < 4.78 is 11.6. The highest BCUT2D eigenvalue weighted by Crippen LogP contribution is 2.47. The molecular formula is C21H17N5O3S. The third-order valence-corrected chi connectivity index (χ3v) is 6.06. The van der Waals surface area contributed by atoms with Crippen molar-refractivity contribution in [2.75, 3.05) is 19.0 Å². The summed E-state index contributed by atoms with van der Waals surface area (Å²) in [6.45, 7) is 2.53. The Labute approximate surface area is 175 Å². The van der Waals surface area contributed by atoms with Crippen LogP contribution in [0.5, 0.6) is 11.5 Å². The third-order valence-electron chi connectivity index (χ3n) is 4.92.